The molecule has 0 atom stereocenters. The van der Waals surface area contributed by atoms with E-state index < -0.39 is 0 Å². The van der Waals surface area contributed by atoms with Crippen molar-refractivity contribution in [2.75, 3.05) is 25.1 Å². The van der Waals surface area contributed by atoms with Crippen LogP contribution in [0.25, 0.3) is 0 Å². The smallest absolute Gasteiger partial charge is 0.142 e. The van der Waals surface area contributed by atoms with E-state index in [9.17, 15) is 0 Å². The molecule has 1 aromatic rings. The molecule has 0 aromatic heterocycles. The first-order chi connectivity index (χ1) is 8.24. The number of ether oxygens (including phenoxy) is 1. The Labute approximate surface area is 104 Å². The number of nitrogens with one attached hydrogen (secondary N) is 1. The summed E-state index contributed by atoms with van der Waals surface area (Å²) in [5, 5.41) is 12.0. The number of aliphatic hydroxyl groups is 1. The predicted molar refractivity (Wildman–Crippen MR) is 71.6 cm³/mol. The monoisotopic (exact) mass is 237 g/mol. The maximum Gasteiger partial charge on any atom is 0.142 e. The summed E-state index contributed by atoms with van der Waals surface area (Å²) in [6, 6.07) is 7.98. The summed E-state index contributed by atoms with van der Waals surface area (Å²) in [5.74, 6) is 1.43. The highest BCUT2D eigenvalue weighted by atomic mass is 16.5. The third kappa shape index (κ3) is 5.59. The highest BCUT2D eigenvalue weighted by molar-refractivity contribution is 5.56. The van der Waals surface area contributed by atoms with Crippen molar-refractivity contribution in [1.82, 2.24) is 0 Å². The molecule has 0 spiro atoms. The van der Waals surface area contributed by atoms with Gasteiger partial charge in [-0.15, -0.1) is 0 Å². The summed E-state index contributed by atoms with van der Waals surface area (Å²) in [7, 11) is 0. The van der Waals surface area contributed by atoms with Crippen LogP contribution in [0.3, 0.4) is 0 Å². The number of rotatable bonds is 8. The van der Waals surface area contributed by atoms with Crippen molar-refractivity contribution in [3.05, 3.63) is 24.3 Å². The largest absolute Gasteiger partial charge is 0.491 e. The third-order valence-corrected chi connectivity index (χ3v) is 2.36. The topological polar surface area (TPSA) is 41.5 Å². The van der Waals surface area contributed by atoms with E-state index in [2.05, 4.69) is 19.2 Å². The number of hydrogen-bond acceptors (Lipinski definition) is 3. The Hall–Kier alpha value is -1.22. The van der Waals surface area contributed by atoms with Crippen LogP contribution in [0.5, 0.6) is 5.75 Å². The highest BCUT2D eigenvalue weighted by Crippen LogP contribution is 2.24. The Morgan fingerprint density at radius 1 is 1.24 bits per heavy atom. The van der Waals surface area contributed by atoms with Crippen LogP contribution in [-0.2, 0) is 0 Å². The van der Waals surface area contributed by atoms with E-state index in [1.54, 1.807) is 0 Å². The van der Waals surface area contributed by atoms with Gasteiger partial charge >= 0.3 is 0 Å². The van der Waals surface area contributed by atoms with Gasteiger partial charge < -0.3 is 15.2 Å². The summed E-state index contributed by atoms with van der Waals surface area (Å²) in [6.45, 7) is 6.12. The van der Waals surface area contributed by atoms with Crippen molar-refractivity contribution in [2.24, 2.45) is 5.92 Å². The molecular weight excluding hydrogens is 214 g/mol. The van der Waals surface area contributed by atoms with Gasteiger partial charge in [0, 0.05) is 13.2 Å². The van der Waals surface area contributed by atoms with Crippen LogP contribution in [0.15, 0.2) is 24.3 Å². The van der Waals surface area contributed by atoms with Crippen LogP contribution in [0.4, 0.5) is 5.69 Å². The lowest BCUT2D eigenvalue weighted by Gasteiger charge is -2.14. The van der Waals surface area contributed by atoms with Gasteiger partial charge in [0.05, 0.1) is 12.3 Å². The summed E-state index contributed by atoms with van der Waals surface area (Å²) >= 11 is 0. The maximum absolute atomic E-state index is 8.71. The van der Waals surface area contributed by atoms with Gasteiger partial charge in [0.25, 0.3) is 0 Å². The van der Waals surface area contributed by atoms with Gasteiger partial charge in [-0.1, -0.05) is 26.0 Å². The van der Waals surface area contributed by atoms with Crippen molar-refractivity contribution < 1.29 is 9.84 Å². The Kier molecular flexibility index (Phi) is 6.48. The Bertz CT molecular complexity index is 313. The van der Waals surface area contributed by atoms with E-state index in [4.69, 9.17) is 9.84 Å². The molecule has 0 bridgehead atoms. The molecule has 17 heavy (non-hydrogen) atoms. The zero-order chi connectivity index (χ0) is 12.5. The minimum Gasteiger partial charge on any atom is -0.491 e. The van der Waals surface area contributed by atoms with Crippen molar-refractivity contribution in [1.29, 1.82) is 0 Å². The lowest BCUT2D eigenvalue weighted by atomic mass is 10.2. The fourth-order valence-electron chi connectivity index (χ4n) is 1.45. The van der Waals surface area contributed by atoms with Crippen molar-refractivity contribution in [3.8, 4) is 5.75 Å². The molecule has 3 heteroatoms. The zero-order valence-electron chi connectivity index (χ0n) is 10.8. The Balaban J connectivity index is 2.46. The lowest BCUT2D eigenvalue weighted by Crippen LogP contribution is -2.08. The summed E-state index contributed by atoms with van der Waals surface area (Å²) < 4.78 is 5.74. The molecule has 1 rings (SSSR count). The minimum atomic E-state index is 0.257. The Morgan fingerprint density at radius 2 is 2.00 bits per heavy atom. The molecule has 1 aromatic carbocycles. The average molecular weight is 237 g/mol. The van der Waals surface area contributed by atoms with Gasteiger partial charge in [0.2, 0.25) is 0 Å². The van der Waals surface area contributed by atoms with Gasteiger partial charge in [-0.3, -0.25) is 0 Å². The van der Waals surface area contributed by atoms with E-state index >= 15 is 0 Å². The second-order valence-corrected chi connectivity index (χ2v) is 4.56. The molecule has 96 valence electrons. The second kappa shape index (κ2) is 7.96. The van der Waals surface area contributed by atoms with E-state index in [1.807, 2.05) is 24.3 Å². The van der Waals surface area contributed by atoms with Crippen LogP contribution in [0.1, 0.15) is 26.7 Å². The molecule has 0 saturated heterocycles. The fourth-order valence-corrected chi connectivity index (χ4v) is 1.45. The SMILES string of the molecule is CC(C)COc1ccccc1NCCCCO. The van der Waals surface area contributed by atoms with Gasteiger partial charge in [0.1, 0.15) is 5.75 Å². The van der Waals surface area contributed by atoms with Crippen molar-refractivity contribution in [2.45, 2.75) is 26.7 Å². The first kappa shape index (κ1) is 13.8. The molecule has 0 heterocycles. The standard InChI is InChI=1S/C14H23NO2/c1-12(2)11-17-14-8-4-3-7-13(14)15-9-5-6-10-16/h3-4,7-8,12,15-16H,5-6,9-11H2,1-2H3. The number of aliphatic hydroxyl groups excluding tert-OH is 1. The molecule has 3 nitrogen and oxygen atoms in total. The highest BCUT2D eigenvalue weighted by Gasteiger charge is 2.03. The van der Waals surface area contributed by atoms with E-state index in [1.165, 1.54) is 0 Å². The predicted octanol–water partition coefficient (Wildman–Crippen LogP) is 2.91. The molecular formula is C14H23NO2. The van der Waals surface area contributed by atoms with E-state index in [0.717, 1.165) is 37.4 Å². The number of hydrogen-bond donors (Lipinski definition) is 2. The van der Waals surface area contributed by atoms with Crippen LogP contribution in [0, 0.1) is 5.92 Å². The zero-order valence-corrected chi connectivity index (χ0v) is 10.8. The maximum atomic E-state index is 8.71. The summed E-state index contributed by atoms with van der Waals surface area (Å²) in [6.07, 6.45) is 1.80. The molecule has 0 aliphatic rings. The molecule has 0 fully saturated rings. The van der Waals surface area contributed by atoms with Crippen LogP contribution < -0.4 is 10.1 Å². The molecule has 0 aliphatic heterocycles. The van der Waals surface area contributed by atoms with E-state index in [0.29, 0.717) is 5.92 Å². The average Bonchev–Trinajstić information content (AvgIpc) is 2.33. The molecule has 0 amide bonds. The van der Waals surface area contributed by atoms with Gasteiger partial charge in [-0.2, -0.15) is 0 Å². The number of unbranched alkanes of at least 4 members (excludes halogenated alkanes) is 1. The van der Waals surface area contributed by atoms with Crippen LogP contribution >= 0.6 is 0 Å². The number of benzene rings is 1. The Morgan fingerprint density at radius 3 is 2.71 bits per heavy atom. The molecule has 0 saturated carbocycles. The van der Waals surface area contributed by atoms with Gasteiger partial charge in [0.15, 0.2) is 0 Å². The van der Waals surface area contributed by atoms with Gasteiger partial charge in [-0.25, -0.2) is 0 Å². The van der Waals surface area contributed by atoms with E-state index in [-0.39, 0.29) is 6.61 Å². The molecule has 0 unspecified atom stereocenters. The fraction of sp³-hybridized carbons (Fsp3) is 0.571. The number of anilines is 1. The first-order valence-electron chi connectivity index (χ1n) is 6.30. The van der Waals surface area contributed by atoms with Gasteiger partial charge in [-0.05, 0) is 30.9 Å². The third-order valence-electron chi connectivity index (χ3n) is 2.36. The molecule has 0 radical (unpaired) electrons. The lowest BCUT2D eigenvalue weighted by molar-refractivity contribution is 0.272. The van der Waals surface area contributed by atoms with Crippen molar-refractivity contribution >= 4 is 5.69 Å². The summed E-state index contributed by atoms with van der Waals surface area (Å²) in [5.41, 5.74) is 1.03. The molecule has 2 N–H and O–H groups in total. The summed E-state index contributed by atoms with van der Waals surface area (Å²) in [4.78, 5) is 0. The second-order valence-electron chi connectivity index (χ2n) is 4.56. The quantitative estimate of drug-likeness (QED) is 0.683. The number of para-hydroxylation sites is 2. The van der Waals surface area contributed by atoms with Crippen molar-refractivity contribution in [3.63, 3.8) is 0 Å². The van der Waals surface area contributed by atoms with Crippen LogP contribution in [-0.4, -0.2) is 24.9 Å². The molecule has 0 aliphatic carbocycles. The normalized spacial score (nSPS) is 10.6. The minimum absolute atomic E-state index is 0.257. The van der Waals surface area contributed by atoms with Crippen LogP contribution in [0.2, 0.25) is 0 Å². The first-order valence-corrected chi connectivity index (χ1v) is 6.30.